The molecule has 2 aromatic carbocycles. The highest BCUT2D eigenvalue weighted by atomic mass is 19.1. The molecule has 0 unspecified atom stereocenters. The number of aliphatic hydroxyl groups is 1. The predicted molar refractivity (Wildman–Crippen MR) is 181 cm³/mol. The number of amides is 2. The number of nitrogens with zero attached hydrogens (tertiary/aromatic N) is 2. The van der Waals surface area contributed by atoms with Crippen molar-refractivity contribution in [1.82, 2.24) is 9.80 Å². The van der Waals surface area contributed by atoms with Gasteiger partial charge in [0.15, 0.2) is 23.1 Å². The Kier molecular flexibility index (Phi) is 12.2. The molecule has 2 aliphatic heterocycles. The molecule has 6 rings (SSSR count). The number of esters is 1. The lowest BCUT2D eigenvalue weighted by Gasteiger charge is -2.33. The Hall–Kier alpha value is -4.26. The smallest absolute Gasteiger partial charge is 0.306 e. The summed E-state index contributed by atoms with van der Waals surface area (Å²) in [6.45, 7) is 5.60. The van der Waals surface area contributed by atoms with Crippen molar-refractivity contribution in [3.63, 3.8) is 0 Å². The van der Waals surface area contributed by atoms with Crippen molar-refractivity contribution in [3.05, 3.63) is 58.2 Å². The Morgan fingerprint density at radius 1 is 0.745 bits per heavy atom. The van der Waals surface area contributed by atoms with E-state index in [2.05, 4.69) is 0 Å². The van der Waals surface area contributed by atoms with Crippen molar-refractivity contribution in [1.29, 1.82) is 0 Å². The molecule has 278 valence electrons. The number of ether oxygens (including phenoxy) is 1. The maximum atomic E-state index is 14.1. The van der Waals surface area contributed by atoms with Crippen LogP contribution in [0.15, 0.2) is 24.3 Å². The summed E-state index contributed by atoms with van der Waals surface area (Å²) in [4.78, 5) is 50.4. The molecule has 2 fully saturated rings. The number of rotatable bonds is 10. The van der Waals surface area contributed by atoms with Crippen LogP contribution in [0, 0.1) is 35.3 Å². The largest absolute Gasteiger partial charge is 0.505 e. The van der Waals surface area contributed by atoms with E-state index in [1.165, 1.54) is 12.1 Å². The fraction of sp³-hybridized carbons (Fsp3) is 0.579. The lowest BCUT2D eigenvalue weighted by molar-refractivity contribution is -0.154. The van der Waals surface area contributed by atoms with Gasteiger partial charge in [-0.25, -0.2) is 8.78 Å². The summed E-state index contributed by atoms with van der Waals surface area (Å²) in [6.07, 6.45) is 6.48. The molecule has 4 N–H and O–H groups in total. The molecule has 2 heterocycles. The van der Waals surface area contributed by atoms with E-state index >= 15 is 0 Å². The summed E-state index contributed by atoms with van der Waals surface area (Å²) >= 11 is 0. The number of aliphatic carboxylic acids is 1. The highest BCUT2D eigenvalue weighted by Crippen LogP contribution is 2.37. The van der Waals surface area contributed by atoms with Crippen LogP contribution in [0.3, 0.4) is 0 Å². The molecule has 4 aliphatic rings. The molecule has 2 aliphatic carbocycles. The summed E-state index contributed by atoms with van der Waals surface area (Å²) in [7, 11) is 0. The van der Waals surface area contributed by atoms with Gasteiger partial charge in [-0.05, 0) is 112 Å². The number of hydrogen-bond acceptors (Lipinski definition) is 8. The Morgan fingerprint density at radius 3 is 1.59 bits per heavy atom. The third kappa shape index (κ3) is 8.98. The molecule has 2 atom stereocenters. The second-order valence-corrected chi connectivity index (χ2v) is 14.6. The monoisotopic (exact) mass is 714 g/mol. The molecular formula is C38H48F2N2O9. The molecule has 13 heteroatoms. The fourth-order valence-corrected chi connectivity index (χ4v) is 7.99. The number of carboxylic acids is 1. The minimum Gasteiger partial charge on any atom is -0.505 e. The number of halogens is 2. The van der Waals surface area contributed by atoms with Gasteiger partial charge >= 0.3 is 11.9 Å². The van der Waals surface area contributed by atoms with Gasteiger partial charge in [-0.15, -0.1) is 0 Å². The van der Waals surface area contributed by atoms with Gasteiger partial charge in [0.25, 0.3) is 11.8 Å². The number of hydrogen-bond donors (Lipinski definition) is 4. The maximum Gasteiger partial charge on any atom is 0.306 e. The van der Waals surface area contributed by atoms with Gasteiger partial charge in [0.05, 0.1) is 30.1 Å². The standard InChI is InChI=1S/C21H26FNO6.C17H22FNO3/c1-12(29-18(27)9-8-17(25)26)14-4-2-13(3-5-14)10-23-11-15-6-7-16(24)20(22)19(15)21(23)28;1-10(20)12-4-2-11(3-5-12)8-19-9-13-6-7-14(21)16(18)15(13)17(19)22/h6-7,12-14,24H,2-5,8-11H2,1H3,(H,25,26);6-7,10-12,20-21H,2-5,8-9H2,1H3/t12-,13?,14?;10-,11?,12?/m10/s1. The molecular weight excluding hydrogens is 666 g/mol. The van der Waals surface area contributed by atoms with Crippen LogP contribution in [-0.2, 0) is 27.4 Å². The maximum absolute atomic E-state index is 14.1. The van der Waals surface area contributed by atoms with Crippen LogP contribution < -0.4 is 0 Å². The van der Waals surface area contributed by atoms with Crippen LogP contribution >= 0.6 is 0 Å². The van der Waals surface area contributed by atoms with Gasteiger partial charge in [0, 0.05) is 26.2 Å². The van der Waals surface area contributed by atoms with Crippen molar-refractivity contribution in [2.75, 3.05) is 13.1 Å². The number of aromatic hydroxyl groups is 2. The highest BCUT2D eigenvalue weighted by molar-refractivity contribution is 5.99. The number of phenols is 2. The SMILES string of the molecule is C[C@@H](OC(=O)CCC(=O)O)C1CCC(CN2Cc3ccc(O)c(F)c3C2=O)CC1.C[C@H](O)C1CCC(CN2Cc3ccc(O)c(F)c3C2=O)CC1. The molecule has 11 nitrogen and oxygen atoms in total. The van der Waals surface area contributed by atoms with Crippen molar-refractivity contribution in [2.45, 2.75) is 103 Å². The first-order valence-electron chi connectivity index (χ1n) is 17.9. The molecule has 2 aromatic rings. The third-order valence-electron chi connectivity index (χ3n) is 11.1. The quantitative estimate of drug-likeness (QED) is 0.224. The topological polar surface area (TPSA) is 165 Å². The Morgan fingerprint density at radius 2 is 1.18 bits per heavy atom. The van der Waals surface area contributed by atoms with E-state index < -0.39 is 35.1 Å². The lowest BCUT2D eigenvalue weighted by Crippen LogP contribution is -2.34. The average Bonchev–Trinajstić information content (AvgIpc) is 3.59. The predicted octanol–water partition coefficient (Wildman–Crippen LogP) is 5.76. The number of aliphatic hydroxyl groups excluding tert-OH is 1. The Bertz CT molecular complexity index is 1620. The zero-order chi connectivity index (χ0) is 37.0. The van der Waals surface area contributed by atoms with E-state index in [4.69, 9.17) is 9.84 Å². The van der Waals surface area contributed by atoms with E-state index in [1.54, 1.807) is 21.9 Å². The molecule has 0 aromatic heterocycles. The van der Waals surface area contributed by atoms with Crippen LogP contribution in [0.4, 0.5) is 8.78 Å². The van der Waals surface area contributed by atoms with Gasteiger partial charge in [0.1, 0.15) is 6.10 Å². The van der Waals surface area contributed by atoms with E-state index in [0.717, 1.165) is 51.4 Å². The third-order valence-corrected chi connectivity index (χ3v) is 11.1. The van der Waals surface area contributed by atoms with Gasteiger partial charge in [0.2, 0.25) is 0 Å². The van der Waals surface area contributed by atoms with Gasteiger partial charge in [-0.3, -0.25) is 19.2 Å². The Labute approximate surface area is 296 Å². The van der Waals surface area contributed by atoms with Crippen LogP contribution in [0.1, 0.15) is 110 Å². The van der Waals surface area contributed by atoms with Gasteiger partial charge < -0.3 is 35.0 Å². The first-order valence-corrected chi connectivity index (χ1v) is 17.9. The van der Waals surface area contributed by atoms with Crippen molar-refractivity contribution in [2.24, 2.45) is 23.7 Å². The summed E-state index contributed by atoms with van der Waals surface area (Å²) < 4.78 is 33.4. The van der Waals surface area contributed by atoms with E-state index in [1.807, 2.05) is 13.8 Å². The highest BCUT2D eigenvalue weighted by Gasteiger charge is 2.36. The van der Waals surface area contributed by atoms with E-state index in [-0.39, 0.29) is 59.8 Å². The molecule has 0 saturated heterocycles. The summed E-state index contributed by atoms with van der Waals surface area (Å²) in [5, 5.41) is 37.2. The van der Waals surface area contributed by atoms with E-state index in [0.29, 0.717) is 49.1 Å². The molecule has 0 bridgehead atoms. The molecule has 2 amide bonds. The first-order chi connectivity index (χ1) is 24.2. The number of fused-ring (bicyclic) bond motifs is 2. The minimum atomic E-state index is -1.02. The van der Waals surface area contributed by atoms with Crippen LogP contribution in [-0.4, -0.2) is 79.3 Å². The normalized spacial score (nSPS) is 23.9. The van der Waals surface area contributed by atoms with Crippen LogP contribution in [0.5, 0.6) is 11.5 Å². The number of benzene rings is 2. The molecule has 51 heavy (non-hydrogen) atoms. The van der Waals surface area contributed by atoms with Gasteiger partial charge in [-0.2, -0.15) is 0 Å². The van der Waals surface area contributed by atoms with Gasteiger partial charge in [-0.1, -0.05) is 12.1 Å². The lowest BCUT2D eigenvalue weighted by atomic mass is 9.79. The minimum absolute atomic E-state index is 0.0256. The average molecular weight is 715 g/mol. The summed E-state index contributed by atoms with van der Waals surface area (Å²) in [6, 6.07) is 5.78. The molecule has 0 spiro atoms. The van der Waals surface area contributed by atoms with Crippen LogP contribution in [0.25, 0.3) is 0 Å². The second kappa shape index (κ2) is 16.4. The Balaban J connectivity index is 0.000000205. The fourth-order valence-electron chi connectivity index (χ4n) is 7.99. The van der Waals surface area contributed by atoms with E-state index in [9.17, 15) is 43.3 Å². The molecule has 2 saturated carbocycles. The number of phenolic OH excluding ortho intramolecular Hbond substituents is 2. The zero-order valence-electron chi connectivity index (χ0n) is 29.2. The van der Waals surface area contributed by atoms with Crippen LogP contribution in [0.2, 0.25) is 0 Å². The zero-order valence-corrected chi connectivity index (χ0v) is 29.2. The molecule has 0 radical (unpaired) electrons. The van der Waals surface area contributed by atoms with Crippen molar-refractivity contribution in [3.8, 4) is 11.5 Å². The second-order valence-electron chi connectivity index (χ2n) is 14.6. The van der Waals surface area contributed by atoms with Crippen molar-refractivity contribution < 1.29 is 53.1 Å². The number of carboxylic acid groups (broad SMARTS) is 1. The summed E-state index contributed by atoms with van der Waals surface area (Å²) in [5.41, 5.74) is 1.25. The van der Waals surface area contributed by atoms with Crippen molar-refractivity contribution >= 4 is 23.8 Å². The first kappa shape index (κ1) is 38.0. The number of carbonyl (C=O) groups is 4. The summed E-state index contributed by atoms with van der Waals surface area (Å²) in [5.74, 6) is -3.58. The number of carbonyl (C=O) groups excluding carboxylic acids is 3.